The molecule has 7 nitrogen and oxygen atoms in total. The Morgan fingerprint density at radius 3 is 2.51 bits per heavy atom. The van der Waals surface area contributed by atoms with Gasteiger partial charge in [-0.3, -0.25) is 14.4 Å². The van der Waals surface area contributed by atoms with Gasteiger partial charge in [-0.15, -0.1) is 18.3 Å². The third kappa shape index (κ3) is 5.85. The van der Waals surface area contributed by atoms with Crippen LogP contribution in [-0.4, -0.2) is 58.1 Å². The molecular weight excluding hydrogens is 512 g/mol. The van der Waals surface area contributed by atoms with Crippen LogP contribution in [-0.2, 0) is 19.1 Å². The number of Topliss-reactive ketones (excluding diaryl/α,β-unsaturated/α-hetero) is 1. The fraction of sp³-hybridized carbons (Fsp3) is 0.839. The highest BCUT2D eigenvalue weighted by molar-refractivity contribution is 8.01. The second-order valence-electron chi connectivity index (χ2n) is 14.1. The summed E-state index contributed by atoms with van der Waals surface area (Å²) in [5, 5.41) is 14.6. The number of hydrogen-bond acceptors (Lipinski definition) is 7. The van der Waals surface area contributed by atoms with E-state index in [1.807, 2.05) is 40.7 Å². The van der Waals surface area contributed by atoms with Crippen LogP contribution in [0.4, 0.5) is 0 Å². The van der Waals surface area contributed by atoms with Crippen molar-refractivity contribution in [3.05, 3.63) is 12.7 Å². The fourth-order valence-electron chi connectivity index (χ4n) is 7.72. The molecule has 1 amide bonds. The van der Waals surface area contributed by atoms with Crippen LogP contribution in [0.25, 0.3) is 0 Å². The van der Waals surface area contributed by atoms with Gasteiger partial charge < -0.3 is 20.9 Å². The summed E-state index contributed by atoms with van der Waals surface area (Å²) in [5.41, 5.74) is 4.49. The van der Waals surface area contributed by atoms with E-state index >= 15 is 0 Å². The van der Waals surface area contributed by atoms with Crippen LogP contribution < -0.4 is 11.1 Å². The zero-order valence-corrected chi connectivity index (χ0v) is 26.2. The van der Waals surface area contributed by atoms with Crippen LogP contribution in [0.1, 0.15) is 87.5 Å². The molecule has 0 spiro atoms. The molecule has 0 aromatic heterocycles. The standard InChI is InChI=1S/C31H52N2O5S/c1-10-29(8)15-22(38-23(35)16-39-28(6,7)17-33-27(37)24(32)18(2)3)30(9)19(4)11-13-31(20(5)26(29)36)14-12-21(34)25(30)31/h10,18-20,22,24-26,36H,1,11-17,32H2,2-9H3,(H,33,37)/t19?,20?,22?,24?,25?,26?,29-,30+,31+/m1/s1. The second-order valence-corrected chi connectivity index (χ2v) is 15.8. The molecule has 4 N–H and O–H groups in total. The summed E-state index contributed by atoms with van der Waals surface area (Å²) in [5.74, 6) is -0.243. The number of aliphatic hydroxyl groups excluding tert-OH is 1. The van der Waals surface area contributed by atoms with Crippen LogP contribution in [0.2, 0.25) is 0 Å². The van der Waals surface area contributed by atoms with Crippen LogP contribution in [0.5, 0.6) is 0 Å². The van der Waals surface area contributed by atoms with Gasteiger partial charge in [-0.05, 0) is 62.7 Å². The highest BCUT2D eigenvalue weighted by Crippen LogP contribution is 2.68. The number of esters is 1. The predicted octanol–water partition coefficient (Wildman–Crippen LogP) is 4.50. The van der Waals surface area contributed by atoms with Gasteiger partial charge >= 0.3 is 5.97 Å². The number of thioether (sulfide) groups is 1. The van der Waals surface area contributed by atoms with E-state index in [0.717, 1.165) is 19.3 Å². The average Bonchev–Trinajstić information content (AvgIpc) is 3.24. The lowest BCUT2D eigenvalue weighted by Crippen LogP contribution is -2.63. The minimum atomic E-state index is -0.684. The van der Waals surface area contributed by atoms with Crippen molar-refractivity contribution in [2.45, 2.75) is 110 Å². The minimum absolute atomic E-state index is 0.0382. The van der Waals surface area contributed by atoms with Gasteiger partial charge in [0.25, 0.3) is 0 Å². The molecule has 0 saturated heterocycles. The molecule has 3 aliphatic carbocycles. The molecule has 0 aromatic rings. The molecule has 0 aliphatic heterocycles. The Balaban J connectivity index is 1.82. The molecule has 39 heavy (non-hydrogen) atoms. The summed E-state index contributed by atoms with van der Waals surface area (Å²) >= 11 is 1.43. The Morgan fingerprint density at radius 1 is 1.28 bits per heavy atom. The van der Waals surface area contributed by atoms with E-state index < -0.39 is 33.8 Å². The quantitative estimate of drug-likeness (QED) is 0.279. The summed E-state index contributed by atoms with van der Waals surface area (Å²) in [6.45, 7) is 20.7. The number of nitrogens with two attached hydrogens (primary N) is 1. The molecular formula is C31H52N2O5S. The number of hydrogen-bond donors (Lipinski definition) is 3. The van der Waals surface area contributed by atoms with E-state index in [0.29, 0.717) is 19.4 Å². The first-order valence-electron chi connectivity index (χ1n) is 14.7. The summed E-state index contributed by atoms with van der Waals surface area (Å²) in [4.78, 5) is 39.2. The third-order valence-electron chi connectivity index (χ3n) is 10.9. The highest BCUT2D eigenvalue weighted by Gasteiger charge is 2.68. The lowest BCUT2D eigenvalue weighted by Gasteiger charge is -2.61. The number of carbonyl (C=O) groups excluding carboxylic acids is 3. The van der Waals surface area contributed by atoms with Gasteiger partial charge in [0.15, 0.2) is 0 Å². The normalized spacial score (nSPS) is 39.4. The van der Waals surface area contributed by atoms with Crippen molar-refractivity contribution in [1.29, 1.82) is 0 Å². The number of carbonyl (C=O) groups is 3. The zero-order chi connectivity index (χ0) is 29.6. The molecule has 0 heterocycles. The van der Waals surface area contributed by atoms with E-state index in [9.17, 15) is 19.5 Å². The molecule has 3 aliphatic rings. The summed E-state index contributed by atoms with van der Waals surface area (Å²) < 4.78 is 5.92. The van der Waals surface area contributed by atoms with Gasteiger partial charge in [0, 0.05) is 34.5 Å². The molecule has 3 saturated carbocycles. The first kappa shape index (κ1) is 32.1. The monoisotopic (exact) mass is 564 g/mol. The van der Waals surface area contributed by atoms with Gasteiger partial charge in [0.05, 0.1) is 17.9 Å². The molecule has 222 valence electrons. The Kier molecular flexibility index (Phi) is 9.46. The lowest BCUT2D eigenvalue weighted by atomic mass is 9.44. The number of ether oxygens (including phenoxy) is 1. The Morgan fingerprint density at radius 2 is 1.92 bits per heavy atom. The fourth-order valence-corrected chi connectivity index (χ4v) is 8.47. The Bertz CT molecular complexity index is 969. The van der Waals surface area contributed by atoms with Crippen molar-refractivity contribution >= 4 is 29.4 Å². The number of nitrogens with one attached hydrogen (secondary N) is 1. The van der Waals surface area contributed by atoms with E-state index in [-0.39, 0.29) is 52.5 Å². The topological polar surface area (TPSA) is 119 Å². The number of ketones is 1. The molecule has 3 rings (SSSR count). The molecule has 3 fully saturated rings. The molecule has 0 radical (unpaired) electrons. The molecule has 8 heteroatoms. The third-order valence-corrected chi connectivity index (χ3v) is 12.2. The number of aliphatic hydroxyl groups is 1. The Hall–Kier alpha value is -1.38. The van der Waals surface area contributed by atoms with Gasteiger partial charge in [0.2, 0.25) is 5.91 Å². The lowest BCUT2D eigenvalue weighted by molar-refractivity contribution is -0.205. The van der Waals surface area contributed by atoms with Crippen molar-refractivity contribution in [1.82, 2.24) is 5.32 Å². The molecule has 6 unspecified atom stereocenters. The van der Waals surface area contributed by atoms with Crippen LogP contribution in [0.3, 0.4) is 0 Å². The first-order valence-corrected chi connectivity index (χ1v) is 15.6. The smallest absolute Gasteiger partial charge is 0.316 e. The van der Waals surface area contributed by atoms with Crippen LogP contribution >= 0.6 is 11.8 Å². The van der Waals surface area contributed by atoms with Gasteiger partial charge in [-0.25, -0.2) is 0 Å². The maximum Gasteiger partial charge on any atom is 0.316 e. The van der Waals surface area contributed by atoms with E-state index in [1.165, 1.54) is 11.8 Å². The summed E-state index contributed by atoms with van der Waals surface area (Å²) in [7, 11) is 0. The summed E-state index contributed by atoms with van der Waals surface area (Å²) in [6, 6.07) is -0.573. The largest absolute Gasteiger partial charge is 0.461 e. The predicted molar refractivity (Wildman–Crippen MR) is 157 cm³/mol. The molecule has 0 aromatic carbocycles. The van der Waals surface area contributed by atoms with Crippen molar-refractivity contribution in [3.63, 3.8) is 0 Å². The maximum atomic E-state index is 13.5. The second kappa shape index (κ2) is 11.5. The van der Waals surface area contributed by atoms with Crippen molar-refractivity contribution in [2.75, 3.05) is 12.3 Å². The molecule has 9 atom stereocenters. The summed E-state index contributed by atoms with van der Waals surface area (Å²) in [6.07, 6.45) is 4.17. The van der Waals surface area contributed by atoms with E-state index in [1.54, 1.807) is 0 Å². The maximum absolute atomic E-state index is 13.5. The van der Waals surface area contributed by atoms with Crippen LogP contribution in [0.15, 0.2) is 12.7 Å². The van der Waals surface area contributed by atoms with E-state index in [4.69, 9.17) is 10.5 Å². The average molecular weight is 565 g/mol. The Labute approximate surface area is 239 Å². The SMILES string of the molecule is C=C[C@]1(C)CC(OC(=O)CSC(C)(C)CNC(=O)C(N)C(C)C)[C@]2(C)C(C)CC[C@]3(CCC(=O)C32)C(C)C1O. The molecule has 2 bridgehead atoms. The number of rotatable bonds is 9. The number of amides is 1. The minimum Gasteiger partial charge on any atom is -0.461 e. The van der Waals surface area contributed by atoms with Gasteiger partial charge in [-0.2, -0.15) is 0 Å². The van der Waals surface area contributed by atoms with Crippen molar-refractivity contribution in [3.8, 4) is 0 Å². The van der Waals surface area contributed by atoms with Crippen molar-refractivity contribution in [2.24, 2.45) is 45.7 Å². The van der Waals surface area contributed by atoms with Crippen molar-refractivity contribution < 1.29 is 24.2 Å². The van der Waals surface area contributed by atoms with Gasteiger partial charge in [0.1, 0.15) is 11.9 Å². The van der Waals surface area contributed by atoms with Crippen LogP contribution in [0, 0.1) is 39.9 Å². The first-order chi connectivity index (χ1) is 17.9. The highest BCUT2D eigenvalue weighted by atomic mass is 32.2. The zero-order valence-electron chi connectivity index (χ0n) is 25.3. The van der Waals surface area contributed by atoms with Gasteiger partial charge in [-0.1, -0.05) is 47.6 Å². The van der Waals surface area contributed by atoms with E-state index in [2.05, 4.69) is 32.7 Å².